The Morgan fingerprint density at radius 2 is 1.86 bits per heavy atom. The summed E-state index contributed by atoms with van der Waals surface area (Å²) in [5, 5.41) is 5.37. The summed E-state index contributed by atoms with van der Waals surface area (Å²) >= 11 is 0. The van der Waals surface area contributed by atoms with Crippen LogP contribution in [0.1, 0.15) is 42.9 Å². The van der Waals surface area contributed by atoms with Gasteiger partial charge in [-0.05, 0) is 61.4 Å². The standard InChI is InChI=1S/C27H31N7O2/c1-35-23-11-10-17(12-24(23)36-20-7-3-4-8-20)15-33-16-19(13-18-6-2-5-9-22(18)33)34-26-21(14-30-34)25(28)31-27(29)32-26/h2,5-6,9-12,14,19-20H,3-4,7-8,13,15-16H2,1H3,(H4,28,29,31,32). The smallest absolute Gasteiger partial charge is 0.224 e. The number of fused-ring (bicyclic) bond motifs is 2. The van der Waals surface area contributed by atoms with E-state index in [1.54, 1.807) is 13.3 Å². The fourth-order valence-corrected chi connectivity index (χ4v) is 5.53. The molecule has 0 bridgehead atoms. The van der Waals surface area contributed by atoms with E-state index in [4.69, 9.17) is 20.9 Å². The van der Waals surface area contributed by atoms with Gasteiger partial charge in [0.25, 0.3) is 0 Å². The first-order valence-corrected chi connectivity index (χ1v) is 12.5. The van der Waals surface area contributed by atoms with Gasteiger partial charge in [-0.2, -0.15) is 15.1 Å². The Labute approximate surface area is 210 Å². The first-order valence-electron chi connectivity index (χ1n) is 12.5. The summed E-state index contributed by atoms with van der Waals surface area (Å²) in [4.78, 5) is 10.9. The first kappa shape index (κ1) is 22.5. The predicted octanol–water partition coefficient (Wildman–Crippen LogP) is 4.12. The molecule has 0 spiro atoms. The van der Waals surface area contributed by atoms with Crippen LogP contribution >= 0.6 is 0 Å². The van der Waals surface area contributed by atoms with Gasteiger partial charge in [0.15, 0.2) is 17.1 Å². The molecule has 0 radical (unpaired) electrons. The van der Waals surface area contributed by atoms with Gasteiger partial charge < -0.3 is 25.8 Å². The number of nitrogen functional groups attached to an aromatic ring is 2. The highest BCUT2D eigenvalue weighted by atomic mass is 16.5. The molecular formula is C27H31N7O2. The number of anilines is 3. The van der Waals surface area contributed by atoms with E-state index in [2.05, 4.69) is 56.4 Å². The molecule has 2 aromatic carbocycles. The molecule has 1 aliphatic heterocycles. The molecule has 0 saturated heterocycles. The second-order valence-electron chi connectivity index (χ2n) is 9.67. The van der Waals surface area contributed by atoms with Crippen molar-refractivity contribution in [3.63, 3.8) is 0 Å². The van der Waals surface area contributed by atoms with Crippen LogP contribution in [-0.2, 0) is 13.0 Å². The summed E-state index contributed by atoms with van der Waals surface area (Å²) in [5.41, 5.74) is 16.3. The molecule has 6 rings (SSSR count). The van der Waals surface area contributed by atoms with Crippen molar-refractivity contribution in [1.29, 1.82) is 0 Å². The lowest BCUT2D eigenvalue weighted by Gasteiger charge is -2.36. The van der Waals surface area contributed by atoms with E-state index in [-0.39, 0.29) is 18.1 Å². The Morgan fingerprint density at radius 3 is 2.69 bits per heavy atom. The number of nitrogens with two attached hydrogens (primary N) is 2. The third-order valence-corrected chi connectivity index (χ3v) is 7.26. The van der Waals surface area contributed by atoms with Crippen LogP contribution in [0.2, 0.25) is 0 Å². The molecule has 4 aromatic rings. The number of nitrogens with zero attached hydrogens (tertiary/aromatic N) is 5. The molecule has 2 aromatic heterocycles. The van der Waals surface area contributed by atoms with E-state index in [0.29, 0.717) is 11.5 Å². The van der Waals surface area contributed by atoms with Crippen molar-refractivity contribution in [2.24, 2.45) is 0 Å². The molecule has 4 N–H and O–H groups in total. The number of hydrogen-bond acceptors (Lipinski definition) is 8. The lowest BCUT2D eigenvalue weighted by Crippen LogP contribution is -2.36. The maximum absolute atomic E-state index is 6.35. The van der Waals surface area contributed by atoms with Crippen molar-refractivity contribution in [1.82, 2.24) is 19.7 Å². The Morgan fingerprint density at radius 1 is 1.03 bits per heavy atom. The number of benzene rings is 2. The van der Waals surface area contributed by atoms with Crippen LogP contribution in [-0.4, -0.2) is 39.5 Å². The molecule has 2 aliphatic rings. The van der Waals surface area contributed by atoms with Gasteiger partial charge in [0, 0.05) is 18.8 Å². The van der Waals surface area contributed by atoms with Crippen LogP contribution in [0.25, 0.3) is 11.0 Å². The SMILES string of the molecule is COc1ccc(CN2CC(n3ncc4c(N)nc(N)nc43)Cc3ccccc32)cc1OC1CCCC1. The molecule has 186 valence electrons. The van der Waals surface area contributed by atoms with Crippen molar-refractivity contribution in [2.75, 3.05) is 30.0 Å². The van der Waals surface area contributed by atoms with Gasteiger partial charge in [-0.15, -0.1) is 0 Å². The summed E-state index contributed by atoms with van der Waals surface area (Å²) in [5.74, 6) is 2.11. The number of rotatable bonds is 6. The van der Waals surface area contributed by atoms with Gasteiger partial charge in [0.2, 0.25) is 5.95 Å². The normalized spacial score (nSPS) is 17.9. The van der Waals surface area contributed by atoms with E-state index in [9.17, 15) is 0 Å². The van der Waals surface area contributed by atoms with Crippen molar-refractivity contribution < 1.29 is 9.47 Å². The maximum atomic E-state index is 6.35. The zero-order chi connectivity index (χ0) is 24.6. The fraction of sp³-hybridized carbons (Fsp3) is 0.370. The number of aromatic nitrogens is 4. The van der Waals surface area contributed by atoms with Crippen molar-refractivity contribution in [3.05, 3.63) is 59.8 Å². The zero-order valence-corrected chi connectivity index (χ0v) is 20.4. The fourth-order valence-electron chi connectivity index (χ4n) is 5.53. The minimum atomic E-state index is 0.0681. The summed E-state index contributed by atoms with van der Waals surface area (Å²) in [6, 6.07) is 14.9. The Hall–Kier alpha value is -4.01. The average Bonchev–Trinajstić information content (AvgIpc) is 3.54. The average molecular weight is 486 g/mol. The highest BCUT2D eigenvalue weighted by Gasteiger charge is 2.28. The van der Waals surface area contributed by atoms with Gasteiger partial charge in [-0.1, -0.05) is 24.3 Å². The number of ether oxygens (including phenoxy) is 2. The van der Waals surface area contributed by atoms with Gasteiger partial charge in [-0.25, -0.2) is 4.68 Å². The van der Waals surface area contributed by atoms with Crippen LogP contribution in [0.3, 0.4) is 0 Å². The highest BCUT2D eigenvalue weighted by molar-refractivity contribution is 5.86. The zero-order valence-electron chi connectivity index (χ0n) is 20.4. The molecular weight excluding hydrogens is 454 g/mol. The predicted molar refractivity (Wildman–Crippen MR) is 140 cm³/mol. The van der Waals surface area contributed by atoms with Gasteiger partial charge >= 0.3 is 0 Å². The second-order valence-corrected chi connectivity index (χ2v) is 9.67. The topological polar surface area (TPSA) is 117 Å². The summed E-state index contributed by atoms with van der Waals surface area (Å²) < 4.78 is 13.9. The van der Waals surface area contributed by atoms with E-state index < -0.39 is 0 Å². The van der Waals surface area contributed by atoms with Gasteiger partial charge in [0.1, 0.15) is 5.82 Å². The molecule has 1 fully saturated rings. The Bertz CT molecular complexity index is 1400. The number of methoxy groups -OCH3 is 1. The Kier molecular flexibility index (Phi) is 5.75. The third kappa shape index (κ3) is 4.14. The van der Waals surface area contributed by atoms with Crippen molar-refractivity contribution in [3.8, 4) is 11.5 Å². The third-order valence-electron chi connectivity index (χ3n) is 7.26. The monoisotopic (exact) mass is 485 g/mol. The molecule has 9 nitrogen and oxygen atoms in total. The first-order chi connectivity index (χ1) is 17.6. The molecule has 0 amide bonds. The number of para-hydroxylation sites is 1. The van der Waals surface area contributed by atoms with Crippen molar-refractivity contribution >= 4 is 28.5 Å². The quantitative estimate of drug-likeness (QED) is 0.419. The minimum Gasteiger partial charge on any atom is -0.493 e. The summed E-state index contributed by atoms with van der Waals surface area (Å²) in [6.45, 7) is 1.50. The van der Waals surface area contributed by atoms with Crippen LogP contribution in [0, 0.1) is 0 Å². The van der Waals surface area contributed by atoms with Gasteiger partial charge in [-0.3, -0.25) is 0 Å². The van der Waals surface area contributed by atoms with Crippen LogP contribution in [0.4, 0.5) is 17.5 Å². The summed E-state index contributed by atoms with van der Waals surface area (Å²) in [6.07, 6.45) is 7.49. The molecule has 36 heavy (non-hydrogen) atoms. The van der Waals surface area contributed by atoms with E-state index in [0.717, 1.165) is 49.2 Å². The van der Waals surface area contributed by atoms with Crippen LogP contribution < -0.4 is 25.8 Å². The summed E-state index contributed by atoms with van der Waals surface area (Å²) in [7, 11) is 1.69. The molecule has 1 saturated carbocycles. The lowest BCUT2D eigenvalue weighted by molar-refractivity contribution is 0.200. The van der Waals surface area contributed by atoms with Crippen LogP contribution in [0.5, 0.6) is 11.5 Å². The highest BCUT2D eigenvalue weighted by Crippen LogP contribution is 2.36. The number of hydrogen-bond donors (Lipinski definition) is 2. The van der Waals surface area contributed by atoms with Crippen LogP contribution in [0.15, 0.2) is 48.7 Å². The molecule has 1 aliphatic carbocycles. The Balaban J connectivity index is 1.32. The maximum Gasteiger partial charge on any atom is 0.224 e. The molecule has 1 atom stereocenters. The second kappa shape index (κ2) is 9.22. The van der Waals surface area contributed by atoms with E-state index in [1.807, 2.05) is 10.7 Å². The molecule has 9 heteroatoms. The van der Waals surface area contributed by atoms with Crippen molar-refractivity contribution in [2.45, 2.75) is 50.8 Å². The molecule has 3 heterocycles. The van der Waals surface area contributed by atoms with E-state index >= 15 is 0 Å². The lowest BCUT2D eigenvalue weighted by atomic mass is 9.97. The van der Waals surface area contributed by atoms with E-state index in [1.165, 1.54) is 29.7 Å². The largest absolute Gasteiger partial charge is 0.493 e. The van der Waals surface area contributed by atoms with Gasteiger partial charge in [0.05, 0.1) is 30.8 Å². The minimum absolute atomic E-state index is 0.0681. The molecule has 1 unspecified atom stereocenters.